The number of rotatable bonds is 4. The molecule has 0 saturated carbocycles. The minimum Gasteiger partial charge on any atom is -0.309 e. The van der Waals surface area contributed by atoms with E-state index in [1.54, 1.807) is 11.3 Å². The molecule has 0 atom stereocenters. The molecule has 0 aliphatic heterocycles. The third kappa shape index (κ3) is 3.98. The lowest BCUT2D eigenvalue weighted by Gasteiger charge is -2.11. The summed E-state index contributed by atoms with van der Waals surface area (Å²) in [5.74, 6) is 0. The van der Waals surface area contributed by atoms with Gasteiger partial charge in [0.2, 0.25) is 0 Å². The first-order valence-electron chi connectivity index (χ1n) is 14.8. The number of fused-ring (bicyclic) bond motifs is 6. The van der Waals surface area contributed by atoms with Crippen LogP contribution in [-0.2, 0) is 0 Å². The van der Waals surface area contributed by atoms with Crippen molar-refractivity contribution in [3.05, 3.63) is 145 Å². The van der Waals surface area contributed by atoms with Crippen LogP contribution >= 0.6 is 11.3 Å². The topological polar surface area (TPSA) is 22.2 Å². The van der Waals surface area contributed by atoms with Crippen LogP contribution in [0.4, 0.5) is 0 Å². The molecule has 4 heteroatoms. The van der Waals surface area contributed by atoms with E-state index in [4.69, 9.17) is 4.98 Å². The van der Waals surface area contributed by atoms with Gasteiger partial charge in [-0.05, 0) is 83.1 Å². The number of hydrogen-bond donors (Lipinski definition) is 0. The monoisotopic (exact) mass is 569 g/mol. The first kappa shape index (κ1) is 24.4. The standard InChI is InChI=1S/C39H27N3S/c1-3-10-26(11-4-1)28-14-9-15-31(22-28)42-35-17-8-7-16-32(35)33-23-29(18-20-36(33)42)30-19-21-37-38(24-30)43-39-40-34(25-41(37)39)27-12-5-2-6-13-27/h1,3-5,7-25H,2,6H2. The SMILES string of the molecule is C1=CC(c2cn3c(n2)sc2cc(-c4ccc5c(c4)c4ccccc4n5-c4cccc(-c5ccccc5)c4)ccc23)=CCC1. The molecule has 1 aliphatic carbocycles. The van der Waals surface area contributed by atoms with E-state index in [1.807, 2.05) is 0 Å². The molecule has 9 rings (SSSR count). The van der Waals surface area contributed by atoms with Crippen LogP contribution in [-0.4, -0.2) is 14.0 Å². The van der Waals surface area contributed by atoms with E-state index in [0.717, 1.165) is 23.5 Å². The molecule has 0 N–H and O–H groups in total. The summed E-state index contributed by atoms with van der Waals surface area (Å²) in [4.78, 5) is 6.01. The van der Waals surface area contributed by atoms with Gasteiger partial charge in [0, 0.05) is 22.7 Å². The van der Waals surface area contributed by atoms with Gasteiger partial charge in [-0.3, -0.25) is 4.40 Å². The maximum Gasteiger partial charge on any atom is 0.195 e. The second-order valence-corrected chi connectivity index (χ2v) is 12.2. The minimum atomic E-state index is 1.04. The first-order valence-corrected chi connectivity index (χ1v) is 15.6. The van der Waals surface area contributed by atoms with E-state index in [9.17, 15) is 0 Å². The normalized spacial score (nSPS) is 13.4. The molecule has 0 spiro atoms. The number of imidazole rings is 1. The summed E-state index contributed by atoms with van der Waals surface area (Å²) in [6.45, 7) is 0. The Bertz CT molecular complexity index is 2400. The van der Waals surface area contributed by atoms with Gasteiger partial charge in [0.05, 0.1) is 26.9 Å². The number of aromatic nitrogens is 3. The fourth-order valence-corrected chi connectivity index (χ4v) is 7.56. The number of benzene rings is 5. The van der Waals surface area contributed by atoms with E-state index in [-0.39, 0.29) is 0 Å². The second kappa shape index (κ2) is 9.69. The quantitative estimate of drug-likeness (QED) is 0.207. The Morgan fingerprint density at radius 3 is 2.26 bits per heavy atom. The summed E-state index contributed by atoms with van der Waals surface area (Å²) in [6, 6.07) is 41.9. The number of nitrogens with zero attached hydrogens (tertiary/aromatic N) is 3. The summed E-state index contributed by atoms with van der Waals surface area (Å²) in [5.41, 5.74) is 12.0. The Morgan fingerprint density at radius 1 is 0.605 bits per heavy atom. The van der Waals surface area contributed by atoms with Crippen molar-refractivity contribution in [1.82, 2.24) is 14.0 Å². The molecule has 43 heavy (non-hydrogen) atoms. The molecule has 5 aromatic carbocycles. The predicted molar refractivity (Wildman–Crippen MR) is 182 cm³/mol. The molecule has 3 nitrogen and oxygen atoms in total. The summed E-state index contributed by atoms with van der Waals surface area (Å²) >= 11 is 1.76. The highest BCUT2D eigenvalue weighted by Gasteiger charge is 2.16. The second-order valence-electron chi connectivity index (χ2n) is 11.2. The van der Waals surface area contributed by atoms with Gasteiger partial charge in [-0.15, -0.1) is 0 Å². The molecule has 0 fully saturated rings. The number of thiazole rings is 1. The molecule has 1 aliphatic rings. The summed E-state index contributed by atoms with van der Waals surface area (Å²) in [7, 11) is 0. The fraction of sp³-hybridized carbons (Fsp3) is 0.0513. The molecular weight excluding hydrogens is 543 g/mol. The fourth-order valence-electron chi connectivity index (χ4n) is 6.51. The van der Waals surface area contributed by atoms with E-state index in [0.29, 0.717) is 0 Å². The third-order valence-corrected chi connectivity index (χ3v) is 9.62. The zero-order valence-electron chi connectivity index (χ0n) is 23.4. The molecule has 204 valence electrons. The Hall–Kier alpha value is -5.19. The molecule has 0 bridgehead atoms. The summed E-state index contributed by atoms with van der Waals surface area (Å²) in [6.07, 6.45) is 11.1. The van der Waals surface area contributed by atoms with Crippen molar-refractivity contribution in [2.75, 3.05) is 0 Å². The van der Waals surface area contributed by atoms with Crippen molar-refractivity contribution >= 4 is 53.9 Å². The molecule has 3 aromatic heterocycles. The van der Waals surface area contributed by atoms with Crippen molar-refractivity contribution in [1.29, 1.82) is 0 Å². The zero-order valence-corrected chi connectivity index (χ0v) is 24.3. The largest absolute Gasteiger partial charge is 0.309 e. The first-order chi connectivity index (χ1) is 21.3. The van der Waals surface area contributed by atoms with Gasteiger partial charge in [0.15, 0.2) is 4.96 Å². The minimum absolute atomic E-state index is 1.04. The van der Waals surface area contributed by atoms with Gasteiger partial charge in [0.25, 0.3) is 0 Å². The Balaban J connectivity index is 1.15. The molecule has 8 aromatic rings. The van der Waals surface area contributed by atoms with Gasteiger partial charge in [-0.2, -0.15) is 0 Å². The average molecular weight is 570 g/mol. The Labute approximate surface area is 253 Å². The highest BCUT2D eigenvalue weighted by Crippen LogP contribution is 2.37. The molecule has 0 amide bonds. The predicted octanol–water partition coefficient (Wildman–Crippen LogP) is 10.7. The summed E-state index contributed by atoms with van der Waals surface area (Å²) in [5, 5.41) is 2.52. The summed E-state index contributed by atoms with van der Waals surface area (Å²) < 4.78 is 5.88. The smallest absolute Gasteiger partial charge is 0.195 e. The molecule has 3 heterocycles. The van der Waals surface area contributed by atoms with Crippen LogP contribution in [0.1, 0.15) is 18.5 Å². The highest BCUT2D eigenvalue weighted by atomic mass is 32.1. The van der Waals surface area contributed by atoms with Gasteiger partial charge in [-0.1, -0.05) is 102 Å². The Kier molecular flexibility index (Phi) is 5.50. The van der Waals surface area contributed by atoms with Crippen LogP contribution in [0.5, 0.6) is 0 Å². The van der Waals surface area contributed by atoms with Crippen LogP contribution in [0.3, 0.4) is 0 Å². The lowest BCUT2D eigenvalue weighted by molar-refractivity contribution is 1.04. The lowest BCUT2D eigenvalue weighted by Crippen LogP contribution is -1.94. The third-order valence-electron chi connectivity index (χ3n) is 8.60. The maximum atomic E-state index is 4.97. The van der Waals surface area contributed by atoms with Crippen molar-refractivity contribution in [2.24, 2.45) is 0 Å². The van der Waals surface area contributed by atoms with Crippen LogP contribution < -0.4 is 0 Å². The van der Waals surface area contributed by atoms with Crippen molar-refractivity contribution in [3.63, 3.8) is 0 Å². The van der Waals surface area contributed by atoms with Crippen molar-refractivity contribution < 1.29 is 0 Å². The van der Waals surface area contributed by atoms with Crippen LogP contribution in [0, 0.1) is 0 Å². The maximum absolute atomic E-state index is 4.97. The number of allylic oxidation sites excluding steroid dienone is 4. The molecular formula is C39H27N3S. The Morgan fingerprint density at radius 2 is 1.37 bits per heavy atom. The van der Waals surface area contributed by atoms with E-state index < -0.39 is 0 Å². The molecule has 0 radical (unpaired) electrons. The highest BCUT2D eigenvalue weighted by molar-refractivity contribution is 7.23. The van der Waals surface area contributed by atoms with Crippen molar-refractivity contribution in [2.45, 2.75) is 12.8 Å². The number of para-hydroxylation sites is 1. The van der Waals surface area contributed by atoms with Crippen molar-refractivity contribution in [3.8, 4) is 27.9 Å². The zero-order chi connectivity index (χ0) is 28.3. The number of hydrogen-bond acceptors (Lipinski definition) is 2. The molecule has 0 saturated heterocycles. The van der Waals surface area contributed by atoms with Gasteiger partial charge in [0.1, 0.15) is 0 Å². The van der Waals surface area contributed by atoms with E-state index in [2.05, 4.69) is 149 Å². The lowest BCUT2D eigenvalue weighted by atomic mass is 10.0. The van der Waals surface area contributed by atoms with Crippen LogP contribution in [0.15, 0.2) is 140 Å². The average Bonchev–Trinajstić information content (AvgIpc) is 3.74. The van der Waals surface area contributed by atoms with Gasteiger partial charge >= 0.3 is 0 Å². The van der Waals surface area contributed by atoms with Crippen LogP contribution in [0.25, 0.3) is 70.5 Å². The van der Waals surface area contributed by atoms with Crippen LogP contribution in [0.2, 0.25) is 0 Å². The van der Waals surface area contributed by atoms with Gasteiger partial charge in [-0.25, -0.2) is 4.98 Å². The molecule has 0 unspecified atom stereocenters. The van der Waals surface area contributed by atoms with E-state index in [1.165, 1.54) is 65.5 Å². The van der Waals surface area contributed by atoms with Gasteiger partial charge < -0.3 is 4.57 Å². The van der Waals surface area contributed by atoms with E-state index >= 15 is 0 Å².